The number of benzene rings is 2. The van der Waals surface area contributed by atoms with E-state index in [9.17, 15) is 9.59 Å². The third-order valence-corrected chi connectivity index (χ3v) is 3.80. The molecular formula is C17H16BrNO5. The first-order chi connectivity index (χ1) is 11.5. The van der Waals surface area contributed by atoms with Gasteiger partial charge in [-0.2, -0.15) is 0 Å². The highest BCUT2D eigenvalue weighted by molar-refractivity contribution is 9.10. The Bertz CT molecular complexity index is 748. The molecule has 0 aliphatic rings. The van der Waals surface area contributed by atoms with Gasteiger partial charge in [-0.05, 0) is 46.3 Å². The summed E-state index contributed by atoms with van der Waals surface area (Å²) in [6.45, 7) is -0.416. The molecule has 0 spiro atoms. The lowest BCUT2D eigenvalue weighted by Crippen LogP contribution is -2.21. The van der Waals surface area contributed by atoms with E-state index in [1.807, 2.05) is 0 Å². The molecule has 0 heterocycles. The molecule has 0 unspecified atom stereocenters. The fraction of sp³-hybridized carbons (Fsp3) is 0.176. The summed E-state index contributed by atoms with van der Waals surface area (Å²) >= 11 is 3.27. The van der Waals surface area contributed by atoms with E-state index in [1.54, 1.807) is 36.4 Å². The lowest BCUT2D eigenvalue weighted by Gasteiger charge is -2.11. The zero-order valence-electron chi connectivity index (χ0n) is 13.2. The highest BCUT2D eigenvalue weighted by atomic mass is 79.9. The van der Waals surface area contributed by atoms with Gasteiger partial charge in [0, 0.05) is 4.47 Å². The van der Waals surface area contributed by atoms with Gasteiger partial charge in [0.2, 0.25) is 0 Å². The Labute approximate surface area is 147 Å². The fourth-order valence-electron chi connectivity index (χ4n) is 1.93. The van der Waals surface area contributed by atoms with Crippen molar-refractivity contribution in [3.05, 3.63) is 52.5 Å². The second-order valence-corrected chi connectivity index (χ2v) is 5.52. The first-order valence-electron chi connectivity index (χ1n) is 6.98. The summed E-state index contributed by atoms with van der Waals surface area (Å²) in [7, 11) is 3.00. The van der Waals surface area contributed by atoms with E-state index < -0.39 is 18.5 Å². The van der Waals surface area contributed by atoms with E-state index in [2.05, 4.69) is 21.2 Å². The van der Waals surface area contributed by atoms with Gasteiger partial charge in [-0.15, -0.1) is 0 Å². The molecule has 2 aromatic carbocycles. The third kappa shape index (κ3) is 4.48. The van der Waals surface area contributed by atoms with Crippen LogP contribution < -0.4 is 14.8 Å². The van der Waals surface area contributed by atoms with Crippen molar-refractivity contribution < 1.29 is 23.8 Å². The van der Waals surface area contributed by atoms with Crippen molar-refractivity contribution in [1.82, 2.24) is 0 Å². The van der Waals surface area contributed by atoms with Gasteiger partial charge >= 0.3 is 5.97 Å². The zero-order chi connectivity index (χ0) is 17.5. The smallest absolute Gasteiger partial charge is 0.339 e. The number of ether oxygens (including phenoxy) is 3. The average Bonchev–Trinajstić information content (AvgIpc) is 2.60. The molecule has 126 valence electrons. The average molecular weight is 394 g/mol. The number of hydrogen-bond donors (Lipinski definition) is 1. The van der Waals surface area contributed by atoms with Gasteiger partial charge in [-0.25, -0.2) is 4.79 Å². The largest absolute Gasteiger partial charge is 0.497 e. The van der Waals surface area contributed by atoms with Crippen molar-refractivity contribution in [3.63, 3.8) is 0 Å². The van der Waals surface area contributed by atoms with Crippen LogP contribution in [0.4, 0.5) is 5.69 Å². The molecule has 0 aliphatic carbocycles. The maximum Gasteiger partial charge on any atom is 0.339 e. The van der Waals surface area contributed by atoms with Crippen LogP contribution in [0.15, 0.2) is 46.9 Å². The first kappa shape index (κ1) is 17.8. The van der Waals surface area contributed by atoms with Crippen molar-refractivity contribution in [2.75, 3.05) is 26.1 Å². The summed E-state index contributed by atoms with van der Waals surface area (Å²) in [5.74, 6) is -0.0563. The van der Waals surface area contributed by atoms with E-state index in [4.69, 9.17) is 14.2 Å². The highest BCUT2D eigenvalue weighted by Gasteiger charge is 2.15. The van der Waals surface area contributed by atoms with Crippen LogP contribution in [0.2, 0.25) is 0 Å². The molecule has 0 saturated carbocycles. The lowest BCUT2D eigenvalue weighted by molar-refractivity contribution is -0.119. The fourth-order valence-corrected chi connectivity index (χ4v) is 2.34. The highest BCUT2D eigenvalue weighted by Crippen LogP contribution is 2.24. The number of hydrogen-bond acceptors (Lipinski definition) is 5. The van der Waals surface area contributed by atoms with E-state index in [0.29, 0.717) is 21.7 Å². The minimum Gasteiger partial charge on any atom is -0.497 e. The van der Waals surface area contributed by atoms with Gasteiger partial charge in [0.15, 0.2) is 6.61 Å². The standard InChI is InChI=1S/C17H16BrNO5/c1-22-11-7-8-13(18)12(9-11)17(21)24-10-16(20)19-14-5-3-4-6-15(14)23-2/h3-9H,10H2,1-2H3,(H,19,20). The Balaban J connectivity index is 1.97. The number of carbonyl (C=O) groups is 2. The number of amides is 1. The molecular weight excluding hydrogens is 378 g/mol. The molecule has 0 atom stereocenters. The third-order valence-electron chi connectivity index (χ3n) is 3.11. The Kier molecular flexibility index (Phi) is 6.20. The molecule has 2 aromatic rings. The molecule has 1 N–H and O–H groups in total. The van der Waals surface area contributed by atoms with Gasteiger partial charge < -0.3 is 19.5 Å². The van der Waals surface area contributed by atoms with Gasteiger partial charge in [0.25, 0.3) is 5.91 Å². The van der Waals surface area contributed by atoms with Gasteiger partial charge in [-0.1, -0.05) is 12.1 Å². The van der Waals surface area contributed by atoms with Gasteiger partial charge in [0.05, 0.1) is 25.5 Å². The first-order valence-corrected chi connectivity index (χ1v) is 7.78. The molecule has 0 saturated heterocycles. The minimum atomic E-state index is -0.629. The Morgan fingerprint density at radius 3 is 2.54 bits per heavy atom. The van der Waals surface area contributed by atoms with Crippen molar-refractivity contribution in [1.29, 1.82) is 0 Å². The predicted octanol–water partition coefficient (Wildman–Crippen LogP) is 3.26. The maximum absolute atomic E-state index is 12.1. The molecule has 1 amide bonds. The Morgan fingerprint density at radius 2 is 1.83 bits per heavy atom. The number of nitrogens with one attached hydrogen (secondary N) is 1. The van der Waals surface area contributed by atoms with Crippen molar-refractivity contribution >= 4 is 33.5 Å². The molecule has 2 rings (SSSR count). The van der Waals surface area contributed by atoms with E-state index in [1.165, 1.54) is 20.3 Å². The molecule has 0 fully saturated rings. The minimum absolute atomic E-state index is 0.277. The van der Waals surface area contributed by atoms with E-state index in [0.717, 1.165) is 0 Å². The number of esters is 1. The summed E-state index contributed by atoms with van der Waals surface area (Å²) in [5.41, 5.74) is 0.781. The van der Waals surface area contributed by atoms with Crippen LogP contribution in [0.1, 0.15) is 10.4 Å². The number of para-hydroxylation sites is 2. The normalized spacial score (nSPS) is 9.96. The topological polar surface area (TPSA) is 73.9 Å². The Morgan fingerprint density at radius 1 is 1.08 bits per heavy atom. The van der Waals surface area contributed by atoms with Crippen LogP contribution in [-0.4, -0.2) is 32.7 Å². The number of anilines is 1. The number of halogens is 1. The molecule has 7 heteroatoms. The lowest BCUT2D eigenvalue weighted by atomic mass is 10.2. The zero-order valence-corrected chi connectivity index (χ0v) is 14.8. The summed E-state index contributed by atoms with van der Waals surface area (Å²) in [6, 6.07) is 11.9. The number of carbonyl (C=O) groups excluding carboxylic acids is 2. The van der Waals surface area contributed by atoms with Gasteiger partial charge in [0.1, 0.15) is 11.5 Å². The Hall–Kier alpha value is -2.54. The monoisotopic (exact) mass is 393 g/mol. The second kappa shape index (κ2) is 8.35. The SMILES string of the molecule is COc1ccc(Br)c(C(=O)OCC(=O)Nc2ccccc2OC)c1. The van der Waals surface area contributed by atoms with Crippen molar-refractivity contribution in [2.45, 2.75) is 0 Å². The number of rotatable bonds is 6. The van der Waals surface area contributed by atoms with Crippen LogP contribution in [-0.2, 0) is 9.53 Å². The molecule has 0 radical (unpaired) electrons. The molecule has 0 aromatic heterocycles. The van der Waals surface area contributed by atoms with Crippen LogP contribution in [0.25, 0.3) is 0 Å². The quantitative estimate of drug-likeness (QED) is 0.762. The molecule has 6 nitrogen and oxygen atoms in total. The summed E-state index contributed by atoms with van der Waals surface area (Å²) < 4.78 is 15.8. The second-order valence-electron chi connectivity index (χ2n) is 4.67. The molecule has 0 bridgehead atoms. The summed E-state index contributed by atoms with van der Waals surface area (Å²) in [5, 5.41) is 2.63. The van der Waals surface area contributed by atoms with Crippen LogP contribution in [0.5, 0.6) is 11.5 Å². The predicted molar refractivity (Wildman–Crippen MR) is 92.6 cm³/mol. The van der Waals surface area contributed by atoms with Gasteiger partial charge in [-0.3, -0.25) is 4.79 Å². The molecule has 0 aliphatic heterocycles. The summed E-state index contributed by atoms with van der Waals surface area (Å²) in [4.78, 5) is 24.0. The van der Waals surface area contributed by atoms with Crippen molar-refractivity contribution in [2.24, 2.45) is 0 Å². The molecule has 24 heavy (non-hydrogen) atoms. The van der Waals surface area contributed by atoms with E-state index in [-0.39, 0.29) is 5.56 Å². The van der Waals surface area contributed by atoms with Crippen LogP contribution >= 0.6 is 15.9 Å². The summed E-state index contributed by atoms with van der Waals surface area (Å²) in [6.07, 6.45) is 0. The maximum atomic E-state index is 12.1. The van der Waals surface area contributed by atoms with Crippen LogP contribution in [0, 0.1) is 0 Å². The van der Waals surface area contributed by atoms with Crippen molar-refractivity contribution in [3.8, 4) is 11.5 Å². The van der Waals surface area contributed by atoms with E-state index >= 15 is 0 Å². The van der Waals surface area contributed by atoms with Crippen LogP contribution in [0.3, 0.4) is 0 Å². The number of methoxy groups -OCH3 is 2.